The summed E-state index contributed by atoms with van der Waals surface area (Å²) >= 11 is 0. The Morgan fingerprint density at radius 1 is 1.32 bits per heavy atom. The summed E-state index contributed by atoms with van der Waals surface area (Å²) in [6.45, 7) is 5.36. The fourth-order valence-electron chi connectivity index (χ4n) is 2.45. The Morgan fingerprint density at radius 2 is 1.95 bits per heavy atom. The van der Waals surface area contributed by atoms with Crippen molar-refractivity contribution >= 4 is 16.3 Å². The molecule has 19 heavy (non-hydrogen) atoms. The van der Waals surface area contributed by atoms with Gasteiger partial charge < -0.3 is 4.42 Å². The lowest BCUT2D eigenvalue weighted by Crippen LogP contribution is -2.39. The highest BCUT2D eigenvalue weighted by Crippen LogP contribution is 2.28. The van der Waals surface area contributed by atoms with Crippen molar-refractivity contribution in [1.82, 2.24) is 4.31 Å². The molecule has 0 aromatic carbocycles. The van der Waals surface area contributed by atoms with E-state index in [2.05, 4.69) is 13.8 Å². The van der Waals surface area contributed by atoms with Gasteiger partial charge in [-0.3, -0.25) is 4.79 Å². The van der Waals surface area contributed by atoms with Crippen LogP contribution in [0, 0.1) is 11.8 Å². The van der Waals surface area contributed by atoms with Gasteiger partial charge in [0.2, 0.25) is 5.09 Å². The van der Waals surface area contributed by atoms with Crippen molar-refractivity contribution in [3.63, 3.8) is 0 Å². The van der Waals surface area contributed by atoms with Crippen LogP contribution in [0.1, 0.15) is 37.2 Å². The first-order valence-corrected chi connectivity index (χ1v) is 7.94. The molecule has 0 aliphatic carbocycles. The van der Waals surface area contributed by atoms with Crippen molar-refractivity contribution in [3.05, 3.63) is 17.9 Å². The van der Waals surface area contributed by atoms with Crippen LogP contribution in [0.2, 0.25) is 0 Å². The summed E-state index contributed by atoms with van der Waals surface area (Å²) in [7, 11) is -3.59. The average molecular weight is 285 g/mol. The van der Waals surface area contributed by atoms with Gasteiger partial charge in [0, 0.05) is 13.1 Å². The van der Waals surface area contributed by atoms with Gasteiger partial charge in [-0.1, -0.05) is 13.8 Å². The second kappa shape index (κ2) is 5.46. The first kappa shape index (κ1) is 14.3. The van der Waals surface area contributed by atoms with E-state index < -0.39 is 10.0 Å². The number of rotatable bonds is 4. The molecule has 106 valence electrons. The molecule has 0 spiro atoms. The van der Waals surface area contributed by atoms with Crippen molar-refractivity contribution in [3.8, 4) is 0 Å². The highest BCUT2D eigenvalue weighted by Gasteiger charge is 2.32. The van der Waals surface area contributed by atoms with E-state index in [9.17, 15) is 13.2 Å². The van der Waals surface area contributed by atoms with Crippen molar-refractivity contribution in [2.45, 2.75) is 31.8 Å². The molecule has 6 heteroatoms. The molecule has 2 rings (SSSR count). The summed E-state index contributed by atoms with van der Waals surface area (Å²) in [6.07, 6.45) is 2.25. The molecule has 1 aliphatic rings. The second-order valence-electron chi connectivity index (χ2n) is 5.26. The van der Waals surface area contributed by atoms with Gasteiger partial charge in [-0.25, -0.2) is 8.42 Å². The summed E-state index contributed by atoms with van der Waals surface area (Å²) in [6, 6.07) is 2.72. The van der Waals surface area contributed by atoms with E-state index in [-0.39, 0.29) is 10.9 Å². The quantitative estimate of drug-likeness (QED) is 0.795. The fourth-order valence-corrected chi connectivity index (χ4v) is 3.83. The van der Waals surface area contributed by atoms with Crippen molar-refractivity contribution < 1.29 is 17.6 Å². The number of sulfonamides is 1. The van der Waals surface area contributed by atoms with Gasteiger partial charge in [0.05, 0.1) is 0 Å². The van der Waals surface area contributed by atoms with Gasteiger partial charge in [0.1, 0.15) is 0 Å². The molecule has 1 saturated heterocycles. The number of hydrogen-bond donors (Lipinski definition) is 0. The molecule has 0 N–H and O–H groups in total. The van der Waals surface area contributed by atoms with Gasteiger partial charge in [-0.05, 0) is 36.8 Å². The summed E-state index contributed by atoms with van der Waals surface area (Å²) in [5.74, 6) is 1.19. The van der Waals surface area contributed by atoms with E-state index in [0.717, 1.165) is 12.8 Å². The zero-order valence-corrected chi connectivity index (χ0v) is 12.0. The molecule has 1 aliphatic heterocycles. The van der Waals surface area contributed by atoms with Crippen molar-refractivity contribution in [2.24, 2.45) is 11.8 Å². The van der Waals surface area contributed by atoms with E-state index in [4.69, 9.17) is 4.42 Å². The lowest BCUT2D eigenvalue weighted by atomic mass is 9.87. The van der Waals surface area contributed by atoms with E-state index in [1.807, 2.05) is 0 Å². The molecule has 0 unspecified atom stereocenters. The number of carbonyl (C=O) groups is 1. The van der Waals surface area contributed by atoms with Crippen molar-refractivity contribution in [2.75, 3.05) is 13.1 Å². The van der Waals surface area contributed by atoms with Crippen LogP contribution in [0.5, 0.6) is 0 Å². The summed E-state index contributed by atoms with van der Waals surface area (Å²) in [4.78, 5) is 10.5. The van der Waals surface area contributed by atoms with Crippen LogP contribution in [0.4, 0.5) is 0 Å². The van der Waals surface area contributed by atoms with Crippen LogP contribution >= 0.6 is 0 Å². The van der Waals surface area contributed by atoms with Crippen LogP contribution in [-0.4, -0.2) is 32.1 Å². The molecule has 0 radical (unpaired) electrons. The Bertz CT molecular complexity index is 539. The van der Waals surface area contributed by atoms with E-state index in [1.165, 1.54) is 16.4 Å². The molecule has 1 aromatic rings. The Hall–Kier alpha value is -1.14. The largest absolute Gasteiger partial charge is 0.440 e. The molecule has 0 bridgehead atoms. The third-order valence-electron chi connectivity index (χ3n) is 3.75. The number of piperidine rings is 1. The van der Waals surface area contributed by atoms with Crippen LogP contribution in [0.25, 0.3) is 0 Å². The summed E-state index contributed by atoms with van der Waals surface area (Å²) < 4.78 is 31.1. The Morgan fingerprint density at radius 3 is 2.42 bits per heavy atom. The van der Waals surface area contributed by atoms with Gasteiger partial charge in [-0.15, -0.1) is 0 Å². The zero-order valence-electron chi connectivity index (χ0n) is 11.2. The van der Waals surface area contributed by atoms with Gasteiger partial charge >= 0.3 is 0 Å². The number of nitrogens with zero attached hydrogens (tertiary/aromatic N) is 1. The minimum Gasteiger partial charge on any atom is -0.440 e. The number of hydrogen-bond acceptors (Lipinski definition) is 4. The summed E-state index contributed by atoms with van der Waals surface area (Å²) in [5.41, 5.74) is 0. The number of carbonyl (C=O) groups excluding carboxylic acids is 1. The van der Waals surface area contributed by atoms with Crippen molar-refractivity contribution in [1.29, 1.82) is 0 Å². The smallest absolute Gasteiger partial charge is 0.276 e. The Labute approximate surface area is 113 Å². The maximum Gasteiger partial charge on any atom is 0.276 e. The van der Waals surface area contributed by atoms with Gasteiger partial charge in [0.15, 0.2) is 12.0 Å². The first-order chi connectivity index (χ1) is 8.95. The normalized spacial score (nSPS) is 18.9. The minimum atomic E-state index is -3.59. The molecule has 5 nitrogen and oxygen atoms in total. The Balaban J connectivity index is 2.11. The predicted molar refractivity (Wildman–Crippen MR) is 70.4 cm³/mol. The third-order valence-corrected chi connectivity index (χ3v) is 5.53. The van der Waals surface area contributed by atoms with E-state index in [1.54, 1.807) is 0 Å². The Kier molecular flexibility index (Phi) is 4.10. The lowest BCUT2D eigenvalue weighted by Gasteiger charge is -2.32. The molecule has 0 saturated carbocycles. The topological polar surface area (TPSA) is 67.6 Å². The van der Waals surface area contributed by atoms with Crippen LogP contribution < -0.4 is 0 Å². The standard InChI is InChI=1S/C13H19NO4S/c1-10(2)11-5-7-14(8-6-11)19(16,17)13-4-3-12(9-15)18-13/h3-4,9-11H,5-8H2,1-2H3. The highest BCUT2D eigenvalue weighted by molar-refractivity contribution is 7.89. The first-order valence-electron chi connectivity index (χ1n) is 6.50. The maximum absolute atomic E-state index is 12.3. The molecule has 1 aromatic heterocycles. The second-order valence-corrected chi connectivity index (χ2v) is 7.13. The molecule has 1 fully saturated rings. The molecular formula is C13H19NO4S. The van der Waals surface area contributed by atoms with Crippen LogP contribution in [0.15, 0.2) is 21.6 Å². The fraction of sp³-hybridized carbons (Fsp3) is 0.615. The van der Waals surface area contributed by atoms with E-state index >= 15 is 0 Å². The highest BCUT2D eigenvalue weighted by atomic mass is 32.2. The van der Waals surface area contributed by atoms with Crippen LogP contribution in [0.3, 0.4) is 0 Å². The third kappa shape index (κ3) is 2.90. The zero-order chi connectivity index (χ0) is 14.0. The van der Waals surface area contributed by atoms with Gasteiger partial charge in [-0.2, -0.15) is 4.31 Å². The average Bonchev–Trinajstić information content (AvgIpc) is 2.88. The minimum absolute atomic E-state index is 0.0376. The maximum atomic E-state index is 12.3. The number of aldehydes is 1. The lowest BCUT2D eigenvalue weighted by molar-refractivity contribution is 0.109. The monoisotopic (exact) mass is 285 g/mol. The van der Waals surface area contributed by atoms with E-state index in [0.29, 0.717) is 31.2 Å². The predicted octanol–water partition coefficient (Wildman–Crippen LogP) is 2.15. The van der Waals surface area contributed by atoms with Gasteiger partial charge in [0.25, 0.3) is 10.0 Å². The molecule has 2 heterocycles. The number of furan rings is 1. The van der Waals surface area contributed by atoms with Crippen LogP contribution in [-0.2, 0) is 10.0 Å². The molecule has 0 amide bonds. The molecule has 0 atom stereocenters. The molecular weight excluding hydrogens is 266 g/mol. The summed E-state index contributed by atoms with van der Waals surface area (Å²) in [5, 5.41) is -0.141. The SMILES string of the molecule is CC(C)C1CCN(S(=O)(=O)c2ccc(C=O)o2)CC1.